The lowest BCUT2D eigenvalue weighted by Crippen LogP contribution is -2.25. The van der Waals surface area contributed by atoms with Gasteiger partial charge < -0.3 is 9.47 Å². The van der Waals surface area contributed by atoms with Crippen molar-refractivity contribution in [2.24, 2.45) is 0 Å². The zero-order valence-corrected chi connectivity index (χ0v) is 15.9. The first kappa shape index (κ1) is 17.1. The normalized spacial score (nSPS) is 15.8. The molecule has 0 saturated carbocycles. The molecule has 0 bridgehead atoms. The number of allylic oxidation sites excluding steroid dienone is 1. The van der Waals surface area contributed by atoms with E-state index in [4.69, 9.17) is 9.47 Å². The van der Waals surface area contributed by atoms with Gasteiger partial charge in [0.25, 0.3) is 0 Å². The lowest BCUT2D eigenvalue weighted by atomic mass is 10.2. The molecule has 8 heteroatoms. The van der Waals surface area contributed by atoms with Crippen LogP contribution in [-0.2, 0) is 12.3 Å². The van der Waals surface area contributed by atoms with Gasteiger partial charge in [0.15, 0.2) is 28.6 Å². The Kier molecular flexibility index (Phi) is 4.94. The molecule has 0 radical (unpaired) electrons. The van der Waals surface area contributed by atoms with E-state index in [1.165, 1.54) is 0 Å². The highest BCUT2D eigenvalue weighted by atomic mass is 32.2. The molecule has 6 nitrogen and oxygen atoms in total. The maximum atomic E-state index is 6.08. The largest absolute Gasteiger partial charge is 0.485 e. The van der Waals surface area contributed by atoms with Crippen LogP contribution in [0.4, 0.5) is 0 Å². The van der Waals surface area contributed by atoms with Crippen molar-refractivity contribution in [2.75, 3.05) is 6.61 Å². The average molecular weight is 387 g/mol. The number of ether oxygens (including phenoxy) is 2. The molecule has 0 spiro atoms. The molecule has 134 valence electrons. The molecule has 2 aromatic heterocycles. The van der Waals surface area contributed by atoms with Crippen molar-refractivity contribution >= 4 is 23.1 Å². The molecule has 3 heterocycles. The molecule has 0 amide bonds. The predicted octanol–water partition coefficient (Wildman–Crippen LogP) is 4.03. The minimum Gasteiger partial charge on any atom is -0.485 e. The number of fused-ring (bicyclic) bond motifs is 1. The zero-order chi connectivity index (χ0) is 17.9. The van der Waals surface area contributed by atoms with Crippen molar-refractivity contribution in [3.63, 3.8) is 0 Å². The van der Waals surface area contributed by atoms with E-state index in [-0.39, 0.29) is 6.10 Å². The summed E-state index contributed by atoms with van der Waals surface area (Å²) in [4.78, 5) is 4.50. The number of hydrogen-bond donors (Lipinski definition) is 0. The molecule has 0 N–H and O–H groups in total. The molecular weight excluding hydrogens is 368 g/mol. The van der Waals surface area contributed by atoms with Crippen LogP contribution < -0.4 is 9.47 Å². The smallest absolute Gasteiger partial charge is 0.192 e. The highest BCUT2D eigenvalue weighted by molar-refractivity contribution is 7.98. The molecule has 1 atom stereocenters. The fourth-order valence-corrected chi connectivity index (χ4v) is 4.27. The van der Waals surface area contributed by atoms with Gasteiger partial charge in [-0.1, -0.05) is 30.0 Å². The summed E-state index contributed by atoms with van der Waals surface area (Å²) in [6.45, 7) is 6.88. The Morgan fingerprint density at radius 2 is 2.19 bits per heavy atom. The van der Waals surface area contributed by atoms with Gasteiger partial charge in [0.05, 0.1) is 10.7 Å². The number of hydrogen-bond acceptors (Lipinski definition) is 7. The Bertz CT molecular complexity index is 922. The summed E-state index contributed by atoms with van der Waals surface area (Å²) in [7, 11) is 0. The van der Waals surface area contributed by atoms with Gasteiger partial charge in [0.2, 0.25) is 0 Å². The second-order valence-corrected chi connectivity index (χ2v) is 7.76. The number of rotatable bonds is 6. The van der Waals surface area contributed by atoms with E-state index in [9.17, 15) is 0 Å². The van der Waals surface area contributed by atoms with Gasteiger partial charge in [-0.2, -0.15) is 0 Å². The van der Waals surface area contributed by atoms with Crippen molar-refractivity contribution < 1.29 is 9.47 Å². The fourth-order valence-electron chi connectivity index (χ4n) is 2.71. The molecule has 0 aliphatic carbocycles. The topological polar surface area (TPSA) is 62.1 Å². The number of para-hydroxylation sites is 2. The summed E-state index contributed by atoms with van der Waals surface area (Å²) in [6.07, 6.45) is 1.54. The summed E-state index contributed by atoms with van der Waals surface area (Å²) in [6, 6.07) is 7.65. The van der Waals surface area contributed by atoms with Crippen molar-refractivity contribution in [3.8, 4) is 11.5 Å². The van der Waals surface area contributed by atoms with Crippen LogP contribution in [0.5, 0.6) is 11.5 Å². The first-order chi connectivity index (χ1) is 12.7. The molecular formula is C18H18N4O2S2. The molecule has 1 unspecified atom stereocenters. The van der Waals surface area contributed by atoms with Gasteiger partial charge in [-0.05, 0) is 19.1 Å². The lowest BCUT2D eigenvalue weighted by Gasteiger charge is -2.26. The first-order valence-electron chi connectivity index (χ1n) is 8.21. The number of aryl methyl sites for hydroxylation is 1. The van der Waals surface area contributed by atoms with Gasteiger partial charge in [-0.25, -0.2) is 4.98 Å². The summed E-state index contributed by atoms with van der Waals surface area (Å²) in [5.74, 6) is 2.98. The monoisotopic (exact) mass is 386 g/mol. The summed E-state index contributed by atoms with van der Waals surface area (Å²) < 4.78 is 13.9. The van der Waals surface area contributed by atoms with E-state index in [1.807, 2.05) is 41.8 Å². The predicted molar refractivity (Wildman–Crippen MR) is 102 cm³/mol. The molecule has 4 rings (SSSR count). The second kappa shape index (κ2) is 7.51. The van der Waals surface area contributed by atoms with Crippen LogP contribution >= 0.6 is 23.1 Å². The van der Waals surface area contributed by atoms with E-state index >= 15 is 0 Å². The van der Waals surface area contributed by atoms with Gasteiger partial charge in [0, 0.05) is 17.7 Å². The van der Waals surface area contributed by atoms with Crippen molar-refractivity contribution in [3.05, 3.63) is 58.8 Å². The second-order valence-electron chi connectivity index (χ2n) is 5.75. The molecule has 1 aliphatic heterocycles. The third-order valence-corrected chi connectivity index (χ3v) is 5.69. The molecule has 0 saturated heterocycles. The van der Waals surface area contributed by atoms with Gasteiger partial charge in [0.1, 0.15) is 6.61 Å². The highest BCUT2D eigenvalue weighted by Gasteiger charge is 2.28. The van der Waals surface area contributed by atoms with Crippen molar-refractivity contribution in [1.29, 1.82) is 0 Å². The Morgan fingerprint density at radius 1 is 1.35 bits per heavy atom. The Labute approximate surface area is 159 Å². The standard InChI is InChI=1S/C18H18N4O2S2/c1-3-8-22-17(16-9-23-14-6-4-5-7-15(14)24-16)20-21-18(22)26-11-13-10-25-12(2)19-13/h3-7,10,16H,1,8-9,11H2,2H3. The van der Waals surface area contributed by atoms with E-state index in [1.54, 1.807) is 23.1 Å². The van der Waals surface area contributed by atoms with E-state index in [0.29, 0.717) is 13.2 Å². The zero-order valence-electron chi connectivity index (χ0n) is 14.3. The molecule has 3 aromatic rings. The summed E-state index contributed by atoms with van der Waals surface area (Å²) in [5, 5.41) is 12.7. The van der Waals surface area contributed by atoms with Crippen LogP contribution in [0.15, 0.2) is 47.5 Å². The molecule has 26 heavy (non-hydrogen) atoms. The minimum atomic E-state index is -0.298. The quantitative estimate of drug-likeness (QED) is 0.471. The van der Waals surface area contributed by atoms with E-state index in [0.717, 1.165) is 38.9 Å². The third kappa shape index (κ3) is 3.47. The van der Waals surface area contributed by atoms with Gasteiger partial charge in [-0.15, -0.1) is 28.1 Å². The SMILES string of the molecule is C=CCn1c(SCc2csc(C)n2)nnc1C1COc2ccccc2O1. The Balaban J connectivity index is 1.55. The maximum absolute atomic E-state index is 6.08. The Hall–Kier alpha value is -2.32. The number of aromatic nitrogens is 4. The number of benzene rings is 1. The summed E-state index contributed by atoms with van der Waals surface area (Å²) in [5.41, 5.74) is 1.05. The van der Waals surface area contributed by atoms with Gasteiger partial charge in [-0.3, -0.25) is 4.57 Å². The minimum absolute atomic E-state index is 0.298. The number of thiazole rings is 1. The molecule has 1 aliphatic rings. The lowest BCUT2D eigenvalue weighted by molar-refractivity contribution is 0.0821. The van der Waals surface area contributed by atoms with Crippen molar-refractivity contribution in [1.82, 2.24) is 19.7 Å². The van der Waals surface area contributed by atoms with Crippen LogP contribution in [0, 0.1) is 6.92 Å². The molecule has 1 aromatic carbocycles. The van der Waals surface area contributed by atoms with Crippen LogP contribution in [0.1, 0.15) is 22.6 Å². The number of thioether (sulfide) groups is 1. The van der Waals surface area contributed by atoms with Crippen LogP contribution in [-0.4, -0.2) is 26.4 Å². The van der Waals surface area contributed by atoms with Gasteiger partial charge >= 0.3 is 0 Å². The summed E-state index contributed by atoms with van der Waals surface area (Å²) >= 11 is 3.27. The highest BCUT2D eigenvalue weighted by Crippen LogP contribution is 2.36. The van der Waals surface area contributed by atoms with Crippen LogP contribution in [0.3, 0.4) is 0 Å². The Morgan fingerprint density at radius 3 is 2.96 bits per heavy atom. The first-order valence-corrected chi connectivity index (χ1v) is 10.1. The van der Waals surface area contributed by atoms with E-state index in [2.05, 4.69) is 27.1 Å². The molecule has 0 fully saturated rings. The average Bonchev–Trinajstić information content (AvgIpc) is 3.26. The maximum Gasteiger partial charge on any atom is 0.192 e. The van der Waals surface area contributed by atoms with Crippen LogP contribution in [0.2, 0.25) is 0 Å². The van der Waals surface area contributed by atoms with E-state index < -0.39 is 0 Å². The number of nitrogens with zero attached hydrogens (tertiary/aromatic N) is 4. The van der Waals surface area contributed by atoms with Crippen LogP contribution in [0.25, 0.3) is 0 Å². The third-order valence-electron chi connectivity index (χ3n) is 3.87. The van der Waals surface area contributed by atoms with Crippen molar-refractivity contribution in [2.45, 2.75) is 30.5 Å². The fraction of sp³-hybridized carbons (Fsp3) is 0.278.